The maximum Gasteiger partial charge on any atom is 0.229 e. The molecule has 0 saturated carbocycles. The van der Waals surface area contributed by atoms with Crippen molar-refractivity contribution in [3.63, 3.8) is 0 Å². The summed E-state index contributed by atoms with van der Waals surface area (Å²) >= 11 is 0. The summed E-state index contributed by atoms with van der Waals surface area (Å²) in [6.07, 6.45) is -0.347. The summed E-state index contributed by atoms with van der Waals surface area (Å²) in [5.41, 5.74) is 5.99. The Kier molecular flexibility index (Phi) is 3.69. The van der Waals surface area contributed by atoms with E-state index in [0.29, 0.717) is 13.1 Å². The summed E-state index contributed by atoms with van der Waals surface area (Å²) in [4.78, 5) is 26.9. The van der Waals surface area contributed by atoms with E-state index in [1.54, 1.807) is 11.8 Å². The van der Waals surface area contributed by atoms with Crippen LogP contribution in [0, 0.1) is 11.3 Å². The van der Waals surface area contributed by atoms with E-state index in [-0.39, 0.29) is 12.0 Å². The smallest absolute Gasteiger partial charge is 0.229 e. The Morgan fingerprint density at radius 3 is 2.19 bits per heavy atom. The van der Waals surface area contributed by atoms with Crippen LogP contribution in [0.1, 0.15) is 41.5 Å². The van der Waals surface area contributed by atoms with E-state index < -0.39 is 22.8 Å². The van der Waals surface area contributed by atoms with E-state index in [0.717, 1.165) is 11.1 Å². The maximum atomic E-state index is 12.9. The summed E-state index contributed by atoms with van der Waals surface area (Å²) in [6, 6.07) is 0. The molecule has 0 aromatic carbocycles. The van der Waals surface area contributed by atoms with Crippen molar-refractivity contribution in [3.8, 4) is 0 Å². The molecule has 5 nitrogen and oxygen atoms in total. The molecular weight excluding hydrogens is 268 g/mol. The van der Waals surface area contributed by atoms with Crippen LogP contribution in [0.2, 0.25) is 0 Å². The molecule has 2 heterocycles. The lowest BCUT2D eigenvalue weighted by Crippen LogP contribution is -2.58. The van der Waals surface area contributed by atoms with Crippen molar-refractivity contribution in [1.82, 2.24) is 4.90 Å². The van der Waals surface area contributed by atoms with Gasteiger partial charge in [-0.3, -0.25) is 9.59 Å². The van der Waals surface area contributed by atoms with Crippen molar-refractivity contribution >= 4 is 11.8 Å². The third-order valence-corrected chi connectivity index (χ3v) is 5.87. The number of ether oxygens (including phenoxy) is 1. The number of carbonyl (C=O) groups is 2. The van der Waals surface area contributed by atoms with Crippen molar-refractivity contribution in [2.45, 2.75) is 53.2 Å². The molecule has 2 N–H and O–H groups in total. The maximum absolute atomic E-state index is 12.9. The molecule has 4 atom stereocenters. The molecule has 5 heteroatoms. The van der Waals surface area contributed by atoms with Gasteiger partial charge in [0.2, 0.25) is 11.8 Å². The number of hydrogen-bond acceptors (Lipinski definition) is 3. The predicted octanol–water partition coefficient (Wildman–Crippen LogP) is 1.47. The van der Waals surface area contributed by atoms with Crippen LogP contribution in [0.15, 0.2) is 11.1 Å². The highest BCUT2D eigenvalue weighted by molar-refractivity contribution is 5.93. The Balaban J connectivity index is 2.56. The Morgan fingerprint density at radius 1 is 1.24 bits per heavy atom. The number of fused-ring (bicyclic) bond motifs is 2. The predicted molar refractivity (Wildman–Crippen MR) is 80.4 cm³/mol. The summed E-state index contributed by atoms with van der Waals surface area (Å²) in [5.74, 6) is -1.05. The van der Waals surface area contributed by atoms with Crippen LogP contribution in [-0.2, 0) is 14.3 Å². The number of hydrogen-bond donors (Lipinski definition) is 1. The average molecular weight is 294 g/mol. The summed E-state index contributed by atoms with van der Waals surface area (Å²) < 4.78 is 6.11. The zero-order valence-electron chi connectivity index (χ0n) is 13.8. The van der Waals surface area contributed by atoms with E-state index in [1.807, 2.05) is 34.6 Å². The molecule has 2 aliphatic heterocycles. The lowest BCUT2D eigenvalue weighted by molar-refractivity contribution is -0.147. The van der Waals surface area contributed by atoms with Crippen LogP contribution in [0.3, 0.4) is 0 Å². The number of carbonyl (C=O) groups excluding carboxylic acids is 2. The SMILES string of the molecule is CCN(CC)C(=O)C1C2OC(C)(C(C)=C2C)C1(C)C(N)=O. The topological polar surface area (TPSA) is 72.6 Å². The highest BCUT2D eigenvalue weighted by atomic mass is 16.5. The number of rotatable bonds is 4. The second kappa shape index (κ2) is 4.83. The fourth-order valence-electron chi connectivity index (χ4n) is 3.95. The molecule has 2 bridgehead atoms. The number of amides is 2. The van der Waals surface area contributed by atoms with Gasteiger partial charge in [-0.2, -0.15) is 0 Å². The quantitative estimate of drug-likeness (QED) is 0.798. The van der Waals surface area contributed by atoms with Gasteiger partial charge in [0.25, 0.3) is 0 Å². The van der Waals surface area contributed by atoms with Crippen LogP contribution in [0.5, 0.6) is 0 Å². The van der Waals surface area contributed by atoms with E-state index in [9.17, 15) is 9.59 Å². The highest BCUT2D eigenvalue weighted by Crippen LogP contribution is 2.61. The molecule has 0 aromatic heterocycles. The van der Waals surface area contributed by atoms with Crippen molar-refractivity contribution < 1.29 is 14.3 Å². The summed E-state index contributed by atoms with van der Waals surface area (Å²) in [7, 11) is 0. The minimum Gasteiger partial charge on any atom is -0.369 e. The normalized spacial score (nSPS) is 38.0. The standard InChI is InChI=1S/C16H26N2O3/c1-7-18(8-2)13(19)11-12-9(3)10(4)16(6,21-12)15(11,5)14(17)20/h11-12H,7-8H2,1-6H3,(H2,17,20). The van der Waals surface area contributed by atoms with Crippen LogP contribution in [0.25, 0.3) is 0 Å². The fraction of sp³-hybridized carbons (Fsp3) is 0.750. The van der Waals surface area contributed by atoms with Gasteiger partial charge >= 0.3 is 0 Å². The second-order valence-electron chi connectivity index (χ2n) is 6.43. The van der Waals surface area contributed by atoms with Crippen LogP contribution in [-0.4, -0.2) is 41.5 Å². The number of nitrogens with two attached hydrogens (primary N) is 1. The van der Waals surface area contributed by atoms with Crippen molar-refractivity contribution in [2.75, 3.05) is 13.1 Å². The number of primary amides is 1. The fourth-order valence-corrected chi connectivity index (χ4v) is 3.95. The van der Waals surface area contributed by atoms with Gasteiger partial charge in [0.1, 0.15) is 5.60 Å². The molecule has 1 fully saturated rings. The molecule has 0 aromatic rings. The first-order valence-corrected chi connectivity index (χ1v) is 7.61. The molecule has 2 rings (SSSR count). The Labute approximate surface area is 126 Å². The molecule has 4 unspecified atom stereocenters. The number of nitrogens with zero attached hydrogens (tertiary/aromatic N) is 1. The molecule has 0 spiro atoms. The molecule has 1 saturated heterocycles. The first-order valence-electron chi connectivity index (χ1n) is 7.61. The third kappa shape index (κ3) is 1.73. The monoisotopic (exact) mass is 294 g/mol. The van der Waals surface area contributed by atoms with Gasteiger partial charge in [0.05, 0.1) is 17.4 Å². The first kappa shape index (κ1) is 16.0. The van der Waals surface area contributed by atoms with Gasteiger partial charge in [-0.25, -0.2) is 0 Å². The molecule has 21 heavy (non-hydrogen) atoms. The van der Waals surface area contributed by atoms with Crippen molar-refractivity contribution in [1.29, 1.82) is 0 Å². The molecule has 118 valence electrons. The first-order chi connectivity index (χ1) is 9.66. The second-order valence-corrected chi connectivity index (χ2v) is 6.43. The highest BCUT2D eigenvalue weighted by Gasteiger charge is 2.71. The minimum absolute atomic E-state index is 0.0399. The third-order valence-electron chi connectivity index (χ3n) is 5.87. The minimum atomic E-state index is -1.01. The summed E-state index contributed by atoms with van der Waals surface area (Å²) in [6.45, 7) is 12.7. The molecule has 0 radical (unpaired) electrons. The zero-order valence-corrected chi connectivity index (χ0v) is 13.8. The van der Waals surface area contributed by atoms with Crippen LogP contribution >= 0.6 is 0 Å². The van der Waals surface area contributed by atoms with E-state index in [2.05, 4.69) is 0 Å². The largest absolute Gasteiger partial charge is 0.369 e. The van der Waals surface area contributed by atoms with Crippen molar-refractivity contribution in [3.05, 3.63) is 11.1 Å². The lowest BCUT2D eigenvalue weighted by Gasteiger charge is -2.43. The van der Waals surface area contributed by atoms with Gasteiger partial charge in [-0.05, 0) is 52.7 Å². The average Bonchev–Trinajstić information content (AvgIpc) is 2.81. The lowest BCUT2D eigenvalue weighted by atomic mass is 9.59. The Morgan fingerprint density at radius 2 is 1.76 bits per heavy atom. The van der Waals surface area contributed by atoms with Crippen LogP contribution in [0.4, 0.5) is 0 Å². The van der Waals surface area contributed by atoms with Gasteiger partial charge in [-0.1, -0.05) is 0 Å². The van der Waals surface area contributed by atoms with Gasteiger partial charge in [0.15, 0.2) is 0 Å². The molecule has 2 amide bonds. The zero-order chi connectivity index (χ0) is 16.2. The Hall–Kier alpha value is -1.36. The van der Waals surface area contributed by atoms with Gasteiger partial charge < -0.3 is 15.4 Å². The van der Waals surface area contributed by atoms with E-state index in [4.69, 9.17) is 10.5 Å². The van der Waals surface area contributed by atoms with Crippen LogP contribution < -0.4 is 5.73 Å². The molecular formula is C16H26N2O3. The van der Waals surface area contributed by atoms with Gasteiger partial charge in [-0.15, -0.1) is 0 Å². The van der Waals surface area contributed by atoms with E-state index in [1.165, 1.54) is 0 Å². The van der Waals surface area contributed by atoms with E-state index >= 15 is 0 Å². The molecule has 2 aliphatic rings. The van der Waals surface area contributed by atoms with Crippen molar-refractivity contribution in [2.24, 2.45) is 17.1 Å². The molecule has 0 aliphatic carbocycles. The van der Waals surface area contributed by atoms with Gasteiger partial charge in [0, 0.05) is 13.1 Å². The Bertz CT molecular complexity index is 524. The summed E-state index contributed by atoms with van der Waals surface area (Å²) in [5, 5.41) is 0.